The van der Waals surface area contributed by atoms with E-state index in [1.165, 1.54) is 96.3 Å². The molecule has 0 amide bonds. The van der Waals surface area contributed by atoms with Crippen molar-refractivity contribution in [2.75, 3.05) is 0 Å². The third-order valence-electron chi connectivity index (χ3n) is 3.92. The smallest absolute Gasteiger partial charge is 0.0351 e. The molecule has 0 unspecified atom stereocenters. The second kappa shape index (κ2) is 18.5. The Morgan fingerprint density at radius 3 is 1.40 bits per heavy atom. The standard InChI is InChI=1S/C20H38/c1-3-5-7-9-11-13-15-17-19-20-18-16-14-12-10-8-6-4-2/h3,18,20H,1,4-17,19H2,2H3/b20-18-. The SMILES string of the molecule is C=CCCCCCCCC/C=C\CCCCCCCC. The van der Waals surface area contributed by atoms with Crippen molar-refractivity contribution in [2.45, 2.75) is 103 Å². The van der Waals surface area contributed by atoms with E-state index in [4.69, 9.17) is 0 Å². The molecule has 0 nitrogen and oxygen atoms in total. The van der Waals surface area contributed by atoms with Gasteiger partial charge in [-0.2, -0.15) is 0 Å². The van der Waals surface area contributed by atoms with Gasteiger partial charge in [0.2, 0.25) is 0 Å². The van der Waals surface area contributed by atoms with Crippen LogP contribution in [0, 0.1) is 0 Å². The molecule has 0 fully saturated rings. The number of unbranched alkanes of at least 4 members (excludes halogenated alkanes) is 13. The molecule has 0 atom stereocenters. The summed E-state index contributed by atoms with van der Waals surface area (Å²) in [5, 5.41) is 0. The molecule has 0 aliphatic carbocycles. The monoisotopic (exact) mass is 278 g/mol. The summed E-state index contributed by atoms with van der Waals surface area (Å²) in [6, 6.07) is 0. The van der Waals surface area contributed by atoms with Gasteiger partial charge in [0.1, 0.15) is 0 Å². The van der Waals surface area contributed by atoms with Gasteiger partial charge in [-0.1, -0.05) is 82.9 Å². The Morgan fingerprint density at radius 1 is 0.550 bits per heavy atom. The molecule has 118 valence electrons. The summed E-state index contributed by atoms with van der Waals surface area (Å²) in [6.45, 7) is 6.04. The van der Waals surface area contributed by atoms with Gasteiger partial charge in [0.15, 0.2) is 0 Å². The molecule has 0 aromatic heterocycles. The van der Waals surface area contributed by atoms with Crippen LogP contribution in [0.25, 0.3) is 0 Å². The van der Waals surface area contributed by atoms with Crippen LogP contribution < -0.4 is 0 Å². The van der Waals surface area contributed by atoms with Gasteiger partial charge in [-0.05, 0) is 38.5 Å². The van der Waals surface area contributed by atoms with Crippen LogP contribution in [0.2, 0.25) is 0 Å². The first kappa shape index (κ1) is 19.5. The van der Waals surface area contributed by atoms with Crippen LogP contribution >= 0.6 is 0 Å². The molecule has 20 heavy (non-hydrogen) atoms. The summed E-state index contributed by atoms with van der Waals surface area (Å²) in [5.74, 6) is 0. The Kier molecular flexibility index (Phi) is 18.0. The van der Waals surface area contributed by atoms with Crippen molar-refractivity contribution in [3.05, 3.63) is 24.8 Å². The molecular formula is C20H38. The first-order valence-electron chi connectivity index (χ1n) is 9.17. The van der Waals surface area contributed by atoms with Crippen molar-refractivity contribution in [3.63, 3.8) is 0 Å². The highest BCUT2D eigenvalue weighted by Gasteiger charge is 1.90. The maximum Gasteiger partial charge on any atom is -0.0351 e. The number of hydrogen-bond donors (Lipinski definition) is 0. The van der Waals surface area contributed by atoms with Crippen LogP contribution in [0.1, 0.15) is 103 Å². The van der Waals surface area contributed by atoms with E-state index in [9.17, 15) is 0 Å². The highest BCUT2D eigenvalue weighted by molar-refractivity contribution is 4.81. The number of allylic oxidation sites excluding steroid dienone is 3. The average molecular weight is 279 g/mol. The van der Waals surface area contributed by atoms with E-state index in [1.807, 2.05) is 6.08 Å². The van der Waals surface area contributed by atoms with E-state index in [1.54, 1.807) is 0 Å². The molecule has 0 saturated heterocycles. The zero-order valence-electron chi connectivity index (χ0n) is 14.0. The molecule has 0 saturated carbocycles. The minimum Gasteiger partial charge on any atom is -0.103 e. The van der Waals surface area contributed by atoms with Crippen molar-refractivity contribution >= 4 is 0 Å². The number of rotatable bonds is 16. The Labute approximate surface area is 128 Å². The van der Waals surface area contributed by atoms with Crippen molar-refractivity contribution in [3.8, 4) is 0 Å². The van der Waals surface area contributed by atoms with Crippen LogP contribution in [0.15, 0.2) is 24.8 Å². The summed E-state index contributed by atoms with van der Waals surface area (Å²) in [4.78, 5) is 0. The fourth-order valence-corrected chi connectivity index (χ4v) is 2.54. The Morgan fingerprint density at radius 2 is 0.950 bits per heavy atom. The summed E-state index contributed by atoms with van der Waals surface area (Å²) in [5.41, 5.74) is 0. The molecular weight excluding hydrogens is 240 g/mol. The number of hydrogen-bond acceptors (Lipinski definition) is 0. The van der Waals surface area contributed by atoms with E-state index in [-0.39, 0.29) is 0 Å². The second-order valence-electron chi connectivity index (χ2n) is 6.02. The summed E-state index contributed by atoms with van der Waals surface area (Å²) >= 11 is 0. The topological polar surface area (TPSA) is 0 Å². The Balaban J connectivity index is 3.03. The molecule has 0 heteroatoms. The maximum atomic E-state index is 3.76. The second-order valence-corrected chi connectivity index (χ2v) is 6.02. The van der Waals surface area contributed by atoms with Crippen molar-refractivity contribution in [1.82, 2.24) is 0 Å². The molecule has 0 spiro atoms. The average Bonchev–Trinajstić information content (AvgIpc) is 2.47. The molecule has 0 aliphatic rings. The third-order valence-corrected chi connectivity index (χ3v) is 3.92. The fraction of sp³-hybridized carbons (Fsp3) is 0.800. The maximum absolute atomic E-state index is 3.76. The molecule has 0 radical (unpaired) electrons. The molecule has 0 aromatic carbocycles. The zero-order chi connectivity index (χ0) is 14.7. The predicted molar refractivity (Wildman–Crippen MR) is 94.3 cm³/mol. The van der Waals surface area contributed by atoms with E-state index in [0.717, 1.165) is 0 Å². The lowest BCUT2D eigenvalue weighted by atomic mass is 10.1. The summed E-state index contributed by atoms with van der Waals surface area (Å²) in [7, 11) is 0. The lowest BCUT2D eigenvalue weighted by Gasteiger charge is -1.99. The molecule has 0 heterocycles. The first-order chi connectivity index (χ1) is 9.91. The predicted octanol–water partition coefficient (Wildman–Crippen LogP) is 7.60. The van der Waals surface area contributed by atoms with E-state index < -0.39 is 0 Å². The largest absolute Gasteiger partial charge is 0.103 e. The van der Waals surface area contributed by atoms with Crippen molar-refractivity contribution < 1.29 is 0 Å². The Bertz CT molecular complexity index is 202. The van der Waals surface area contributed by atoms with Gasteiger partial charge in [-0.3, -0.25) is 0 Å². The minimum atomic E-state index is 1.20. The quantitative estimate of drug-likeness (QED) is 0.201. The summed E-state index contributed by atoms with van der Waals surface area (Å²) in [6.07, 6.45) is 27.5. The third kappa shape index (κ3) is 17.5. The van der Waals surface area contributed by atoms with Crippen LogP contribution in [0.5, 0.6) is 0 Å². The van der Waals surface area contributed by atoms with Gasteiger partial charge >= 0.3 is 0 Å². The molecule has 0 aromatic rings. The van der Waals surface area contributed by atoms with Crippen LogP contribution in [0.3, 0.4) is 0 Å². The van der Waals surface area contributed by atoms with Crippen LogP contribution in [-0.2, 0) is 0 Å². The lowest BCUT2D eigenvalue weighted by molar-refractivity contribution is 0.598. The minimum absolute atomic E-state index is 1.20. The van der Waals surface area contributed by atoms with Gasteiger partial charge in [-0.25, -0.2) is 0 Å². The normalized spacial score (nSPS) is 11.2. The first-order valence-corrected chi connectivity index (χ1v) is 9.17. The Hall–Kier alpha value is -0.520. The highest BCUT2D eigenvalue weighted by atomic mass is 14.0. The molecule has 0 bridgehead atoms. The van der Waals surface area contributed by atoms with E-state index >= 15 is 0 Å². The van der Waals surface area contributed by atoms with E-state index in [0.29, 0.717) is 0 Å². The van der Waals surface area contributed by atoms with Gasteiger partial charge in [0.25, 0.3) is 0 Å². The van der Waals surface area contributed by atoms with Crippen molar-refractivity contribution in [1.29, 1.82) is 0 Å². The lowest BCUT2D eigenvalue weighted by Crippen LogP contribution is -1.79. The van der Waals surface area contributed by atoms with Crippen LogP contribution in [0.4, 0.5) is 0 Å². The molecule has 0 rings (SSSR count). The van der Waals surface area contributed by atoms with Gasteiger partial charge < -0.3 is 0 Å². The summed E-state index contributed by atoms with van der Waals surface area (Å²) < 4.78 is 0. The zero-order valence-corrected chi connectivity index (χ0v) is 14.0. The van der Waals surface area contributed by atoms with Gasteiger partial charge in [0, 0.05) is 0 Å². The van der Waals surface area contributed by atoms with Gasteiger partial charge in [-0.15, -0.1) is 6.58 Å². The van der Waals surface area contributed by atoms with Gasteiger partial charge in [0.05, 0.1) is 0 Å². The fourth-order valence-electron chi connectivity index (χ4n) is 2.54. The molecule has 0 aliphatic heterocycles. The highest BCUT2D eigenvalue weighted by Crippen LogP contribution is 2.10. The van der Waals surface area contributed by atoms with E-state index in [2.05, 4.69) is 25.7 Å². The van der Waals surface area contributed by atoms with Crippen molar-refractivity contribution in [2.24, 2.45) is 0 Å². The van der Waals surface area contributed by atoms with Crippen LogP contribution in [-0.4, -0.2) is 0 Å². The molecule has 0 N–H and O–H groups in total.